The van der Waals surface area contributed by atoms with Crippen molar-refractivity contribution >= 4 is 16.5 Å². The Balaban J connectivity index is 2.07. The average molecular weight is 213 g/mol. The van der Waals surface area contributed by atoms with Gasteiger partial charge in [-0.3, -0.25) is 0 Å². The lowest BCUT2D eigenvalue weighted by molar-refractivity contribution is 0.0254. The summed E-state index contributed by atoms with van der Waals surface area (Å²) in [6.45, 7) is 2.59. The lowest BCUT2D eigenvalue weighted by Crippen LogP contribution is -2.33. The molecule has 2 rings (SSSR count). The predicted octanol–water partition coefficient (Wildman–Crippen LogP) is 0.870. The van der Waals surface area contributed by atoms with Gasteiger partial charge in [-0.05, 0) is 0 Å². The zero-order valence-electron chi connectivity index (χ0n) is 8.49. The van der Waals surface area contributed by atoms with Crippen LogP contribution in [0.5, 0.6) is 0 Å². The monoisotopic (exact) mass is 213 g/mol. The van der Waals surface area contributed by atoms with Crippen LogP contribution in [0.15, 0.2) is 5.38 Å². The highest BCUT2D eigenvalue weighted by molar-refractivity contribution is 7.13. The maximum absolute atomic E-state index is 5.62. The van der Waals surface area contributed by atoms with Gasteiger partial charge in [-0.1, -0.05) is 0 Å². The van der Waals surface area contributed by atoms with Crippen molar-refractivity contribution in [3.05, 3.63) is 11.1 Å². The Bertz CT molecular complexity index is 294. The molecule has 1 aromatic heterocycles. The van der Waals surface area contributed by atoms with Crippen LogP contribution in [0.4, 0.5) is 5.13 Å². The molecule has 78 valence electrons. The van der Waals surface area contributed by atoms with E-state index < -0.39 is 0 Å². The molecule has 0 amide bonds. The number of ether oxygens (including phenoxy) is 1. The van der Waals surface area contributed by atoms with Crippen LogP contribution in [0.3, 0.4) is 0 Å². The maximum Gasteiger partial charge on any atom is 0.185 e. The lowest BCUT2D eigenvalue weighted by atomic mass is 10.2. The Kier molecular flexibility index (Phi) is 3.00. The van der Waals surface area contributed by atoms with Gasteiger partial charge in [0, 0.05) is 32.6 Å². The first-order valence-corrected chi connectivity index (χ1v) is 5.60. The molecule has 14 heavy (non-hydrogen) atoms. The molecule has 4 nitrogen and oxygen atoms in total. The molecule has 1 unspecified atom stereocenters. The number of nitrogens with zero attached hydrogens (tertiary/aromatic N) is 2. The van der Waals surface area contributed by atoms with E-state index in [2.05, 4.69) is 15.7 Å². The first kappa shape index (κ1) is 9.89. The van der Waals surface area contributed by atoms with Crippen molar-refractivity contribution < 1.29 is 4.74 Å². The second kappa shape index (κ2) is 4.25. The molecule has 1 N–H and O–H groups in total. The largest absolute Gasteiger partial charge is 0.369 e. The molecule has 1 fully saturated rings. The summed E-state index contributed by atoms with van der Waals surface area (Å²) in [6.07, 6.45) is 0.133. The van der Waals surface area contributed by atoms with E-state index in [0.717, 1.165) is 30.5 Å². The van der Waals surface area contributed by atoms with Crippen molar-refractivity contribution in [3.8, 4) is 0 Å². The van der Waals surface area contributed by atoms with Crippen molar-refractivity contribution in [1.82, 2.24) is 10.3 Å². The van der Waals surface area contributed by atoms with Gasteiger partial charge < -0.3 is 15.0 Å². The van der Waals surface area contributed by atoms with Crippen LogP contribution in [0.25, 0.3) is 0 Å². The van der Waals surface area contributed by atoms with Crippen molar-refractivity contribution in [2.24, 2.45) is 0 Å². The smallest absolute Gasteiger partial charge is 0.185 e. The third-order valence-electron chi connectivity index (χ3n) is 2.15. The third-order valence-corrected chi connectivity index (χ3v) is 3.18. The summed E-state index contributed by atoms with van der Waals surface area (Å²) >= 11 is 1.66. The van der Waals surface area contributed by atoms with Gasteiger partial charge in [0.2, 0.25) is 0 Å². The molecule has 0 saturated carbocycles. The normalized spacial score (nSPS) is 22.3. The number of nitrogens with one attached hydrogen (secondary N) is 1. The maximum atomic E-state index is 5.62. The Morgan fingerprint density at radius 1 is 1.64 bits per heavy atom. The van der Waals surface area contributed by atoms with Gasteiger partial charge in [-0.15, -0.1) is 11.3 Å². The molecule has 5 heteroatoms. The number of rotatable bonds is 2. The average Bonchev–Trinajstić information content (AvgIpc) is 2.68. The molecule has 1 aromatic rings. The van der Waals surface area contributed by atoms with Gasteiger partial charge in [0.05, 0.1) is 12.3 Å². The summed E-state index contributed by atoms with van der Waals surface area (Å²) in [6, 6.07) is 0. The molecule has 0 bridgehead atoms. The summed E-state index contributed by atoms with van der Waals surface area (Å²) < 4.78 is 5.62. The van der Waals surface area contributed by atoms with Crippen molar-refractivity contribution in [2.45, 2.75) is 6.10 Å². The van der Waals surface area contributed by atoms with Gasteiger partial charge in [-0.2, -0.15) is 0 Å². The van der Waals surface area contributed by atoms with E-state index in [1.807, 2.05) is 19.0 Å². The summed E-state index contributed by atoms with van der Waals surface area (Å²) in [4.78, 5) is 6.53. The SMILES string of the molecule is CN(C)c1nc(C2CNCCO2)cs1. The molecule has 0 aliphatic carbocycles. The van der Waals surface area contributed by atoms with Crippen LogP contribution >= 0.6 is 11.3 Å². The minimum atomic E-state index is 0.133. The van der Waals surface area contributed by atoms with Crippen LogP contribution in [0, 0.1) is 0 Å². The predicted molar refractivity (Wildman–Crippen MR) is 58.0 cm³/mol. The second-order valence-corrected chi connectivity index (χ2v) is 4.35. The van der Waals surface area contributed by atoms with Crippen LogP contribution in [0.2, 0.25) is 0 Å². The van der Waals surface area contributed by atoms with Crippen LogP contribution in [-0.4, -0.2) is 38.8 Å². The number of hydrogen-bond acceptors (Lipinski definition) is 5. The summed E-state index contributed by atoms with van der Waals surface area (Å²) in [5, 5.41) is 6.41. The Labute approximate surface area is 87.9 Å². The van der Waals surface area contributed by atoms with Gasteiger partial charge >= 0.3 is 0 Å². The lowest BCUT2D eigenvalue weighted by Gasteiger charge is -2.21. The number of thiazole rings is 1. The highest BCUT2D eigenvalue weighted by atomic mass is 32.1. The Morgan fingerprint density at radius 2 is 2.50 bits per heavy atom. The fourth-order valence-electron chi connectivity index (χ4n) is 1.38. The molecule has 1 aliphatic heterocycles. The van der Waals surface area contributed by atoms with E-state index in [0.29, 0.717) is 0 Å². The highest BCUT2D eigenvalue weighted by Crippen LogP contribution is 2.25. The number of hydrogen-bond donors (Lipinski definition) is 1. The van der Waals surface area contributed by atoms with Crippen molar-refractivity contribution in [2.75, 3.05) is 38.7 Å². The third kappa shape index (κ3) is 2.05. The first-order chi connectivity index (χ1) is 6.77. The quantitative estimate of drug-likeness (QED) is 0.791. The van der Waals surface area contributed by atoms with E-state index in [4.69, 9.17) is 4.74 Å². The van der Waals surface area contributed by atoms with Crippen LogP contribution in [-0.2, 0) is 4.74 Å². The molecule has 1 aliphatic rings. The van der Waals surface area contributed by atoms with Crippen molar-refractivity contribution in [1.29, 1.82) is 0 Å². The minimum Gasteiger partial charge on any atom is -0.369 e. The van der Waals surface area contributed by atoms with Crippen LogP contribution in [0.1, 0.15) is 11.8 Å². The number of aromatic nitrogens is 1. The molecule has 1 saturated heterocycles. The molecule has 1 atom stereocenters. The molecular formula is C9H15N3OS. The summed E-state index contributed by atoms with van der Waals surface area (Å²) in [5.41, 5.74) is 1.05. The summed E-state index contributed by atoms with van der Waals surface area (Å²) in [7, 11) is 4.01. The fraction of sp³-hybridized carbons (Fsp3) is 0.667. The summed E-state index contributed by atoms with van der Waals surface area (Å²) in [5.74, 6) is 0. The van der Waals surface area contributed by atoms with Gasteiger partial charge in [0.15, 0.2) is 5.13 Å². The molecule has 0 aromatic carbocycles. The second-order valence-electron chi connectivity index (χ2n) is 3.51. The van der Waals surface area contributed by atoms with E-state index in [1.54, 1.807) is 11.3 Å². The van der Waals surface area contributed by atoms with Gasteiger partial charge in [0.1, 0.15) is 6.10 Å². The zero-order valence-corrected chi connectivity index (χ0v) is 9.30. The topological polar surface area (TPSA) is 37.4 Å². The molecule has 0 radical (unpaired) electrons. The van der Waals surface area contributed by atoms with Gasteiger partial charge in [-0.25, -0.2) is 4.98 Å². The Hall–Kier alpha value is -0.650. The van der Waals surface area contributed by atoms with E-state index >= 15 is 0 Å². The first-order valence-electron chi connectivity index (χ1n) is 4.72. The van der Waals surface area contributed by atoms with Gasteiger partial charge in [0.25, 0.3) is 0 Å². The molecule has 0 spiro atoms. The standard InChI is InChI=1S/C9H15N3OS/c1-12(2)9-11-7(6-14-9)8-5-10-3-4-13-8/h6,8,10H,3-5H2,1-2H3. The zero-order chi connectivity index (χ0) is 9.97. The molecular weight excluding hydrogens is 198 g/mol. The van der Waals surface area contributed by atoms with Crippen molar-refractivity contribution in [3.63, 3.8) is 0 Å². The van der Waals surface area contributed by atoms with E-state index in [-0.39, 0.29) is 6.10 Å². The number of morpholine rings is 1. The minimum absolute atomic E-state index is 0.133. The van der Waals surface area contributed by atoms with E-state index in [9.17, 15) is 0 Å². The van der Waals surface area contributed by atoms with E-state index in [1.165, 1.54) is 0 Å². The highest BCUT2D eigenvalue weighted by Gasteiger charge is 2.18. The fourth-order valence-corrected chi connectivity index (χ4v) is 2.18. The Morgan fingerprint density at radius 3 is 3.07 bits per heavy atom. The van der Waals surface area contributed by atoms with Crippen LogP contribution < -0.4 is 10.2 Å². The number of anilines is 1. The molecule has 2 heterocycles.